The van der Waals surface area contributed by atoms with Gasteiger partial charge in [0.2, 0.25) is 5.91 Å². The topological polar surface area (TPSA) is 49.3 Å². The number of carbonyl (C=O) groups is 1. The summed E-state index contributed by atoms with van der Waals surface area (Å²) in [5, 5.41) is 12.3. The molecular formula is C15H23NO2. The first-order valence-corrected chi connectivity index (χ1v) is 6.54. The summed E-state index contributed by atoms with van der Waals surface area (Å²) in [5.74, 6) is -0.161. The van der Waals surface area contributed by atoms with Crippen LogP contribution in [-0.4, -0.2) is 23.2 Å². The van der Waals surface area contributed by atoms with Gasteiger partial charge in [0, 0.05) is 0 Å². The Morgan fingerprint density at radius 1 is 1.33 bits per heavy atom. The van der Waals surface area contributed by atoms with Gasteiger partial charge in [-0.2, -0.15) is 0 Å². The van der Waals surface area contributed by atoms with Crippen LogP contribution in [0.3, 0.4) is 0 Å². The summed E-state index contributed by atoms with van der Waals surface area (Å²) < 4.78 is 0. The molecule has 0 fully saturated rings. The van der Waals surface area contributed by atoms with Gasteiger partial charge in [-0.1, -0.05) is 44.2 Å². The highest BCUT2D eigenvalue weighted by Crippen LogP contribution is 2.21. The van der Waals surface area contributed by atoms with Crippen molar-refractivity contribution in [1.29, 1.82) is 0 Å². The third-order valence-electron chi connectivity index (χ3n) is 3.48. The zero-order valence-electron chi connectivity index (χ0n) is 11.4. The van der Waals surface area contributed by atoms with Crippen molar-refractivity contribution in [2.75, 3.05) is 6.61 Å². The zero-order valence-corrected chi connectivity index (χ0v) is 11.4. The Balaban J connectivity index is 2.81. The second-order valence-electron chi connectivity index (χ2n) is 4.93. The highest BCUT2D eigenvalue weighted by Gasteiger charge is 2.27. The first-order chi connectivity index (χ1) is 8.56. The van der Waals surface area contributed by atoms with E-state index < -0.39 is 5.54 Å². The molecule has 1 aromatic rings. The van der Waals surface area contributed by atoms with Gasteiger partial charge in [0.25, 0.3) is 0 Å². The van der Waals surface area contributed by atoms with E-state index in [1.54, 1.807) is 0 Å². The molecule has 3 heteroatoms. The molecule has 0 radical (unpaired) electrons. The minimum atomic E-state index is -0.528. The number of benzene rings is 1. The Morgan fingerprint density at radius 3 is 2.39 bits per heavy atom. The molecule has 0 saturated heterocycles. The first kappa shape index (κ1) is 14.7. The number of hydrogen-bond donors (Lipinski definition) is 2. The summed E-state index contributed by atoms with van der Waals surface area (Å²) >= 11 is 0. The predicted octanol–water partition coefficient (Wildman–Crippen LogP) is 2.46. The molecule has 0 aliphatic heterocycles. The van der Waals surface area contributed by atoms with Crippen LogP contribution in [0.15, 0.2) is 30.3 Å². The van der Waals surface area contributed by atoms with Crippen LogP contribution < -0.4 is 5.32 Å². The molecule has 0 aromatic heterocycles. The Hall–Kier alpha value is -1.35. The lowest BCUT2D eigenvalue weighted by Gasteiger charge is -2.29. The second-order valence-corrected chi connectivity index (χ2v) is 4.93. The van der Waals surface area contributed by atoms with Crippen molar-refractivity contribution in [3.05, 3.63) is 35.9 Å². The average molecular weight is 249 g/mol. The van der Waals surface area contributed by atoms with Crippen LogP contribution in [0.1, 0.15) is 45.1 Å². The number of carbonyl (C=O) groups excluding carboxylic acids is 1. The van der Waals surface area contributed by atoms with E-state index in [-0.39, 0.29) is 18.4 Å². The Morgan fingerprint density at radius 2 is 1.94 bits per heavy atom. The zero-order chi connectivity index (χ0) is 13.6. The highest BCUT2D eigenvalue weighted by molar-refractivity contribution is 5.84. The second kappa shape index (κ2) is 6.55. The molecule has 100 valence electrons. The molecule has 2 unspecified atom stereocenters. The molecule has 0 heterocycles. The molecule has 0 aliphatic carbocycles. The van der Waals surface area contributed by atoms with Crippen molar-refractivity contribution in [3.63, 3.8) is 0 Å². The van der Waals surface area contributed by atoms with E-state index in [1.807, 2.05) is 51.1 Å². The number of amides is 1. The molecular weight excluding hydrogens is 226 g/mol. The van der Waals surface area contributed by atoms with Crippen molar-refractivity contribution in [3.8, 4) is 0 Å². The van der Waals surface area contributed by atoms with Gasteiger partial charge in [-0.15, -0.1) is 0 Å². The summed E-state index contributed by atoms with van der Waals surface area (Å²) in [5.41, 5.74) is 0.494. The van der Waals surface area contributed by atoms with Crippen LogP contribution in [0.4, 0.5) is 0 Å². The maximum absolute atomic E-state index is 12.3. The monoisotopic (exact) mass is 249 g/mol. The standard InChI is InChI=1S/C15H23NO2/c1-4-13(12-9-7-6-8-10-12)14(18)16-15(3,5-2)11-17/h6-10,13,17H,4-5,11H2,1-3H3,(H,16,18). The lowest BCUT2D eigenvalue weighted by molar-refractivity contribution is -0.125. The molecule has 0 bridgehead atoms. The van der Waals surface area contributed by atoms with E-state index in [2.05, 4.69) is 5.32 Å². The fourth-order valence-electron chi connectivity index (χ4n) is 1.88. The maximum atomic E-state index is 12.3. The summed E-state index contributed by atoms with van der Waals surface area (Å²) in [6, 6.07) is 9.76. The Labute approximate surface area is 109 Å². The molecule has 2 N–H and O–H groups in total. The van der Waals surface area contributed by atoms with Crippen molar-refractivity contribution in [2.24, 2.45) is 0 Å². The number of hydrogen-bond acceptors (Lipinski definition) is 2. The van der Waals surface area contributed by atoms with E-state index in [0.717, 1.165) is 12.0 Å². The SMILES string of the molecule is CCC(C(=O)NC(C)(CC)CO)c1ccccc1. The van der Waals surface area contributed by atoms with E-state index in [1.165, 1.54) is 0 Å². The molecule has 0 saturated carbocycles. The lowest BCUT2D eigenvalue weighted by Crippen LogP contribution is -2.50. The van der Waals surface area contributed by atoms with Crippen molar-refractivity contribution < 1.29 is 9.90 Å². The Bertz CT molecular complexity index is 371. The molecule has 2 atom stereocenters. The number of aliphatic hydroxyl groups excluding tert-OH is 1. The highest BCUT2D eigenvalue weighted by atomic mass is 16.3. The minimum Gasteiger partial charge on any atom is -0.394 e. The van der Waals surface area contributed by atoms with Crippen LogP contribution >= 0.6 is 0 Å². The van der Waals surface area contributed by atoms with Gasteiger partial charge in [0.1, 0.15) is 0 Å². The molecule has 3 nitrogen and oxygen atoms in total. The van der Waals surface area contributed by atoms with Gasteiger partial charge in [-0.3, -0.25) is 4.79 Å². The quantitative estimate of drug-likeness (QED) is 0.813. The fraction of sp³-hybridized carbons (Fsp3) is 0.533. The van der Waals surface area contributed by atoms with Gasteiger partial charge in [0.05, 0.1) is 18.1 Å². The van der Waals surface area contributed by atoms with Crippen LogP contribution in [0, 0.1) is 0 Å². The van der Waals surface area contributed by atoms with Crippen molar-refractivity contribution in [1.82, 2.24) is 5.32 Å². The first-order valence-electron chi connectivity index (χ1n) is 6.54. The average Bonchev–Trinajstić information content (AvgIpc) is 2.40. The summed E-state index contributed by atoms with van der Waals surface area (Å²) in [6.07, 6.45) is 1.46. The van der Waals surface area contributed by atoms with Crippen LogP contribution in [0.25, 0.3) is 0 Å². The minimum absolute atomic E-state index is 0.0119. The summed E-state index contributed by atoms with van der Waals surface area (Å²) in [4.78, 5) is 12.3. The van der Waals surface area contributed by atoms with Gasteiger partial charge < -0.3 is 10.4 Å². The molecule has 0 spiro atoms. The van der Waals surface area contributed by atoms with Crippen LogP contribution in [-0.2, 0) is 4.79 Å². The van der Waals surface area contributed by atoms with Crippen molar-refractivity contribution >= 4 is 5.91 Å². The normalized spacial score (nSPS) is 15.8. The van der Waals surface area contributed by atoms with Crippen molar-refractivity contribution in [2.45, 2.75) is 45.1 Å². The van der Waals surface area contributed by atoms with E-state index >= 15 is 0 Å². The van der Waals surface area contributed by atoms with Gasteiger partial charge in [-0.05, 0) is 25.3 Å². The summed E-state index contributed by atoms with van der Waals surface area (Å²) in [7, 11) is 0. The number of nitrogens with one attached hydrogen (secondary N) is 1. The smallest absolute Gasteiger partial charge is 0.228 e. The van der Waals surface area contributed by atoms with Gasteiger partial charge >= 0.3 is 0 Å². The van der Waals surface area contributed by atoms with Gasteiger partial charge in [0.15, 0.2) is 0 Å². The molecule has 18 heavy (non-hydrogen) atoms. The maximum Gasteiger partial charge on any atom is 0.228 e. The van der Waals surface area contributed by atoms with Gasteiger partial charge in [-0.25, -0.2) is 0 Å². The molecule has 1 aromatic carbocycles. The van der Waals surface area contributed by atoms with E-state index in [4.69, 9.17) is 0 Å². The third kappa shape index (κ3) is 3.57. The lowest BCUT2D eigenvalue weighted by atomic mass is 9.93. The number of aliphatic hydroxyl groups is 1. The third-order valence-corrected chi connectivity index (χ3v) is 3.48. The molecule has 1 amide bonds. The Kier molecular flexibility index (Phi) is 5.35. The molecule has 0 aliphatic rings. The van der Waals surface area contributed by atoms with E-state index in [0.29, 0.717) is 6.42 Å². The summed E-state index contributed by atoms with van der Waals surface area (Å²) in [6.45, 7) is 5.78. The van der Waals surface area contributed by atoms with E-state index in [9.17, 15) is 9.90 Å². The largest absolute Gasteiger partial charge is 0.394 e. The fourth-order valence-corrected chi connectivity index (χ4v) is 1.88. The molecule has 1 rings (SSSR count). The predicted molar refractivity (Wildman–Crippen MR) is 73.4 cm³/mol. The van der Waals surface area contributed by atoms with Crippen LogP contribution in [0.5, 0.6) is 0 Å². The van der Waals surface area contributed by atoms with Crippen LogP contribution in [0.2, 0.25) is 0 Å². The number of rotatable bonds is 6.